The third-order valence-corrected chi connectivity index (χ3v) is 4.28. The molecule has 3 unspecified atom stereocenters. The van der Waals surface area contributed by atoms with Crippen molar-refractivity contribution in [2.75, 3.05) is 0 Å². The summed E-state index contributed by atoms with van der Waals surface area (Å²) in [6, 6.07) is 0. The zero-order valence-corrected chi connectivity index (χ0v) is 14.9. The number of aliphatic hydroxyl groups is 3. The van der Waals surface area contributed by atoms with Gasteiger partial charge in [-0.1, -0.05) is 71.1 Å². The third-order valence-electron chi connectivity index (χ3n) is 3.79. The Morgan fingerprint density at radius 3 is 1.70 bits per heavy atom. The minimum atomic E-state index is -4.89. The van der Waals surface area contributed by atoms with Gasteiger partial charge in [0.25, 0.3) is 0 Å². The summed E-state index contributed by atoms with van der Waals surface area (Å²) in [5, 5.41) is 28.5. The number of unbranched alkanes of at least 4 members (excludes halogenated alkanes) is 9. The summed E-state index contributed by atoms with van der Waals surface area (Å²) < 4.78 is 14.5. The van der Waals surface area contributed by atoms with Crippen LogP contribution >= 0.6 is 7.82 Å². The lowest BCUT2D eigenvalue weighted by molar-refractivity contribution is -0.151. The molecule has 8 heteroatoms. The van der Waals surface area contributed by atoms with Crippen LogP contribution in [0.15, 0.2) is 0 Å². The largest absolute Gasteiger partial charge is 0.472 e. The van der Waals surface area contributed by atoms with Crippen LogP contribution in [0, 0.1) is 0 Å². The molecule has 3 atom stereocenters. The van der Waals surface area contributed by atoms with Crippen LogP contribution < -0.4 is 0 Å². The van der Waals surface area contributed by atoms with E-state index in [1.165, 1.54) is 38.5 Å². The molecule has 5 N–H and O–H groups in total. The van der Waals surface area contributed by atoms with E-state index in [2.05, 4.69) is 11.4 Å². The van der Waals surface area contributed by atoms with Crippen LogP contribution in [0.3, 0.4) is 0 Å². The van der Waals surface area contributed by atoms with Crippen molar-refractivity contribution in [3.63, 3.8) is 0 Å². The number of hydrogen-bond donors (Lipinski definition) is 5. The molecule has 0 radical (unpaired) electrons. The molecule has 7 nitrogen and oxygen atoms in total. The van der Waals surface area contributed by atoms with Crippen LogP contribution in [0.4, 0.5) is 0 Å². The SMILES string of the molecule is CCCCCCCCCCCCC(O)C(O)C(O)OP(=O)(O)O. The zero-order chi connectivity index (χ0) is 17.7. The quantitative estimate of drug-likeness (QED) is 0.173. The molecular formula is C15H33O7P. The van der Waals surface area contributed by atoms with Gasteiger partial charge >= 0.3 is 7.82 Å². The van der Waals surface area contributed by atoms with Crippen molar-refractivity contribution >= 4 is 7.82 Å². The van der Waals surface area contributed by atoms with Crippen molar-refractivity contribution in [1.29, 1.82) is 0 Å². The topological polar surface area (TPSA) is 127 Å². The first-order chi connectivity index (χ1) is 10.8. The molecule has 0 saturated heterocycles. The maximum atomic E-state index is 10.5. The van der Waals surface area contributed by atoms with E-state index in [-0.39, 0.29) is 6.42 Å². The van der Waals surface area contributed by atoms with E-state index in [1.54, 1.807) is 0 Å². The van der Waals surface area contributed by atoms with Gasteiger partial charge in [-0.05, 0) is 6.42 Å². The van der Waals surface area contributed by atoms with E-state index in [0.29, 0.717) is 6.42 Å². The first-order valence-corrected chi connectivity index (χ1v) is 10.1. The molecule has 0 aromatic rings. The van der Waals surface area contributed by atoms with Gasteiger partial charge in [0.05, 0.1) is 6.10 Å². The van der Waals surface area contributed by atoms with Gasteiger partial charge < -0.3 is 25.1 Å². The summed E-state index contributed by atoms with van der Waals surface area (Å²) in [4.78, 5) is 17.0. The van der Waals surface area contributed by atoms with Gasteiger partial charge in [0.2, 0.25) is 0 Å². The van der Waals surface area contributed by atoms with E-state index < -0.39 is 26.3 Å². The molecule has 0 rings (SSSR count). The van der Waals surface area contributed by atoms with Gasteiger partial charge in [0, 0.05) is 0 Å². The highest BCUT2D eigenvalue weighted by atomic mass is 31.2. The minimum Gasteiger partial charge on any atom is -0.390 e. The van der Waals surface area contributed by atoms with Crippen molar-refractivity contribution in [3.05, 3.63) is 0 Å². The van der Waals surface area contributed by atoms with Gasteiger partial charge in [-0.2, -0.15) is 0 Å². The lowest BCUT2D eigenvalue weighted by Gasteiger charge is -2.22. The number of phosphoric acid groups is 1. The smallest absolute Gasteiger partial charge is 0.390 e. The highest BCUT2D eigenvalue weighted by Gasteiger charge is 2.30. The molecule has 23 heavy (non-hydrogen) atoms. The maximum absolute atomic E-state index is 10.5. The normalized spacial score (nSPS) is 16.3. The van der Waals surface area contributed by atoms with Crippen LogP contribution in [-0.2, 0) is 9.09 Å². The Balaban J connectivity index is 3.59. The molecule has 0 fully saturated rings. The molecular weight excluding hydrogens is 323 g/mol. The Bertz CT molecular complexity index is 321. The van der Waals surface area contributed by atoms with E-state index in [1.807, 2.05) is 0 Å². The van der Waals surface area contributed by atoms with E-state index in [9.17, 15) is 19.9 Å². The van der Waals surface area contributed by atoms with Crippen molar-refractivity contribution in [1.82, 2.24) is 0 Å². The van der Waals surface area contributed by atoms with Crippen molar-refractivity contribution in [3.8, 4) is 0 Å². The Morgan fingerprint density at radius 2 is 1.26 bits per heavy atom. The average molecular weight is 356 g/mol. The average Bonchev–Trinajstić information content (AvgIpc) is 2.46. The fourth-order valence-corrected chi connectivity index (χ4v) is 2.81. The first kappa shape index (κ1) is 23.0. The van der Waals surface area contributed by atoms with Gasteiger partial charge in [0.15, 0.2) is 6.29 Å². The van der Waals surface area contributed by atoms with E-state index >= 15 is 0 Å². The lowest BCUT2D eigenvalue weighted by atomic mass is 10.0. The van der Waals surface area contributed by atoms with Crippen LogP contribution in [0.25, 0.3) is 0 Å². The molecule has 0 bridgehead atoms. The molecule has 140 valence electrons. The third kappa shape index (κ3) is 14.1. The lowest BCUT2D eigenvalue weighted by Crippen LogP contribution is -2.38. The second-order valence-electron chi connectivity index (χ2n) is 6.02. The van der Waals surface area contributed by atoms with Crippen LogP contribution in [0.1, 0.15) is 77.6 Å². The fraction of sp³-hybridized carbons (Fsp3) is 1.00. The number of rotatable bonds is 15. The molecule has 0 heterocycles. The minimum absolute atomic E-state index is 0.249. The summed E-state index contributed by atoms with van der Waals surface area (Å²) in [6.45, 7) is 2.20. The predicted octanol–water partition coefficient (Wildman–Crippen LogP) is 2.45. The Morgan fingerprint density at radius 1 is 0.826 bits per heavy atom. The van der Waals surface area contributed by atoms with Crippen LogP contribution in [0.2, 0.25) is 0 Å². The van der Waals surface area contributed by atoms with Gasteiger partial charge in [-0.25, -0.2) is 4.57 Å². The van der Waals surface area contributed by atoms with Crippen LogP contribution in [0.5, 0.6) is 0 Å². The van der Waals surface area contributed by atoms with Crippen LogP contribution in [-0.4, -0.2) is 43.6 Å². The van der Waals surface area contributed by atoms with Gasteiger partial charge in [-0.15, -0.1) is 0 Å². The Labute approximate surface area is 138 Å². The molecule has 0 aliphatic carbocycles. The van der Waals surface area contributed by atoms with Crippen molar-refractivity contribution in [2.45, 2.75) is 96.1 Å². The zero-order valence-electron chi connectivity index (χ0n) is 14.0. The van der Waals surface area contributed by atoms with Crippen molar-refractivity contribution in [2.24, 2.45) is 0 Å². The summed E-state index contributed by atoms with van der Waals surface area (Å²) in [7, 11) is -4.89. The number of hydrogen-bond acceptors (Lipinski definition) is 5. The standard InChI is InChI=1S/C15H33O7P/c1-2-3-4-5-6-7-8-9-10-11-12-13(16)14(17)15(18)22-23(19,20)21/h13-18H,2-12H2,1H3,(H2,19,20,21). The Kier molecular flexibility index (Phi) is 13.3. The Hall–Kier alpha value is -0.0100. The maximum Gasteiger partial charge on any atom is 0.472 e. The summed E-state index contributed by atoms with van der Waals surface area (Å²) in [5.74, 6) is 0. The highest BCUT2D eigenvalue weighted by molar-refractivity contribution is 7.46. The monoisotopic (exact) mass is 356 g/mol. The number of phosphoric ester groups is 1. The summed E-state index contributed by atoms with van der Waals surface area (Å²) in [5.41, 5.74) is 0. The summed E-state index contributed by atoms with van der Waals surface area (Å²) in [6.07, 6.45) is 6.55. The molecule has 0 amide bonds. The first-order valence-electron chi connectivity index (χ1n) is 8.56. The van der Waals surface area contributed by atoms with E-state index in [4.69, 9.17) is 9.79 Å². The second kappa shape index (κ2) is 13.3. The van der Waals surface area contributed by atoms with Gasteiger partial charge in [0.1, 0.15) is 6.10 Å². The molecule has 0 spiro atoms. The molecule has 0 aromatic carbocycles. The summed E-state index contributed by atoms with van der Waals surface area (Å²) >= 11 is 0. The molecule has 0 aliphatic heterocycles. The molecule has 0 aliphatic rings. The van der Waals surface area contributed by atoms with Gasteiger partial charge in [-0.3, -0.25) is 4.52 Å². The molecule has 0 saturated carbocycles. The molecule has 0 aromatic heterocycles. The van der Waals surface area contributed by atoms with E-state index in [0.717, 1.165) is 19.3 Å². The second-order valence-corrected chi connectivity index (χ2v) is 7.21. The van der Waals surface area contributed by atoms with Crippen molar-refractivity contribution < 1.29 is 34.2 Å². The fourth-order valence-electron chi connectivity index (χ4n) is 2.40. The highest BCUT2D eigenvalue weighted by Crippen LogP contribution is 2.38. The predicted molar refractivity (Wildman–Crippen MR) is 87.6 cm³/mol. The number of aliphatic hydroxyl groups excluding tert-OH is 3.